The first-order valence-corrected chi connectivity index (χ1v) is 5.91. The van der Waals surface area contributed by atoms with Gasteiger partial charge in [0.15, 0.2) is 0 Å². The zero-order chi connectivity index (χ0) is 11.9. The molecule has 0 saturated heterocycles. The third-order valence-electron chi connectivity index (χ3n) is 2.51. The minimum absolute atomic E-state index is 0.123. The topological polar surface area (TPSA) is 43.8 Å². The van der Waals surface area contributed by atoms with E-state index in [1.165, 1.54) is 0 Å². The van der Waals surface area contributed by atoms with Crippen molar-refractivity contribution < 1.29 is 0 Å². The number of nitrogens with zero attached hydrogens (tertiary/aromatic N) is 2. The fourth-order valence-electron chi connectivity index (χ4n) is 1.87. The van der Waals surface area contributed by atoms with Gasteiger partial charge in [-0.05, 0) is 26.0 Å². The van der Waals surface area contributed by atoms with Crippen molar-refractivity contribution in [3.8, 4) is 0 Å². The van der Waals surface area contributed by atoms with Gasteiger partial charge in [0.1, 0.15) is 5.82 Å². The molecule has 0 fully saturated rings. The normalized spacial score (nSPS) is 13.3. The van der Waals surface area contributed by atoms with E-state index in [0.29, 0.717) is 10.0 Å². The number of nitrogens with two attached hydrogens (primary N) is 1. The fourth-order valence-corrected chi connectivity index (χ4v) is 2.46. The Labute approximate surface area is 104 Å². The summed E-state index contributed by atoms with van der Waals surface area (Å²) in [7, 11) is 0. The number of rotatable bonds is 2. The van der Waals surface area contributed by atoms with E-state index in [2.05, 4.69) is 4.98 Å². The second-order valence-corrected chi connectivity index (χ2v) is 4.60. The summed E-state index contributed by atoms with van der Waals surface area (Å²) in [5.41, 5.74) is 7.58. The summed E-state index contributed by atoms with van der Waals surface area (Å²) < 4.78 is 2.03. The largest absolute Gasteiger partial charge is 0.326 e. The van der Waals surface area contributed by atoms with Crippen molar-refractivity contribution in [1.29, 1.82) is 0 Å². The number of hydrogen-bond acceptors (Lipinski definition) is 2. The van der Waals surface area contributed by atoms with Crippen LogP contribution in [0.1, 0.15) is 25.7 Å². The standard InChI is InChI=1S/C11H13Cl2N3/c1-3-16-10-8(13)4-7(12)5-9(10)15-11(16)6(2)14/h4-6H,3,14H2,1-2H3/t6-/m1/s1. The molecule has 2 rings (SSSR count). The maximum absolute atomic E-state index is 6.18. The number of hydrogen-bond donors (Lipinski definition) is 1. The maximum Gasteiger partial charge on any atom is 0.126 e. The average molecular weight is 258 g/mol. The molecular weight excluding hydrogens is 245 g/mol. The lowest BCUT2D eigenvalue weighted by atomic mass is 10.3. The van der Waals surface area contributed by atoms with Crippen molar-refractivity contribution in [3.63, 3.8) is 0 Å². The van der Waals surface area contributed by atoms with Crippen molar-refractivity contribution in [3.05, 3.63) is 28.0 Å². The molecule has 0 unspecified atom stereocenters. The lowest BCUT2D eigenvalue weighted by molar-refractivity contribution is 0.650. The summed E-state index contributed by atoms with van der Waals surface area (Å²) >= 11 is 12.1. The predicted molar refractivity (Wildman–Crippen MR) is 68.0 cm³/mol. The van der Waals surface area contributed by atoms with E-state index >= 15 is 0 Å². The van der Waals surface area contributed by atoms with Crippen LogP contribution in [0.15, 0.2) is 12.1 Å². The summed E-state index contributed by atoms with van der Waals surface area (Å²) in [5, 5.41) is 1.21. The summed E-state index contributed by atoms with van der Waals surface area (Å²) in [6, 6.07) is 3.41. The van der Waals surface area contributed by atoms with Gasteiger partial charge in [-0.1, -0.05) is 23.2 Å². The Hall–Kier alpha value is -0.770. The molecule has 0 aliphatic heterocycles. The van der Waals surface area contributed by atoms with Crippen molar-refractivity contribution >= 4 is 34.2 Å². The molecule has 2 aromatic rings. The van der Waals surface area contributed by atoms with E-state index in [9.17, 15) is 0 Å². The molecule has 1 atom stereocenters. The Kier molecular flexibility index (Phi) is 3.10. The highest BCUT2D eigenvalue weighted by atomic mass is 35.5. The number of aromatic nitrogens is 2. The van der Waals surface area contributed by atoms with Gasteiger partial charge in [-0.15, -0.1) is 0 Å². The molecule has 1 aromatic carbocycles. The van der Waals surface area contributed by atoms with E-state index in [1.54, 1.807) is 12.1 Å². The molecule has 0 aliphatic carbocycles. The summed E-state index contributed by atoms with van der Waals surface area (Å²) in [5.74, 6) is 0.835. The van der Waals surface area contributed by atoms with Crippen LogP contribution in [0, 0.1) is 0 Å². The van der Waals surface area contributed by atoms with Crippen LogP contribution in [0.2, 0.25) is 10.0 Å². The highest BCUT2D eigenvalue weighted by molar-refractivity contribution is 6.38. The molecule has 5 heteroatoms. The van der Waals surface area contributed by atoms with Crippen LogP contribution < -0.4 is 5.73 Å². The van der Waals surface area contributed by atoms with Gasteiger partial charge in [0, 0.05) is 11.6 Å². The van der Waals surface area contributed by atoms with Gasteiger partial charge in [-0.3, -0.25) is 0 Å². The zero-order valence-electron chi connectivity index (χ0n) is 9.17. The maximum atomic E-state index is 6.18. The molecule has 0 saturated carbocycles. The van der Waals surface area contributed by atoms with E-state index < -0.39 is 0 Å². The minimum atomic E-state index is -0.123. The third kappa shape index (κ3) is 1.79. The van der Waals surface area contributed by atoms with Gasteiger partial charge >= 0.3 is 0 Å². The average Bonchev–Trinajstić information content (AvgIpc) is 2.56. The van der Waals surface area contributed by atoms with Crippen molar-refractivity contribution in [1.82, 2.24) is 9.55 Å². The molecule has 1 heterocycles. The first-order valence-electron chi connectivity index (χ1n) is 5.15. The van der Waals surface area contributed by atoms with Gasteiger partial charge in [-0.25, -0.2) is 4.98 Å². The van der Waals surface area contributed by atoms with E-state index in [1.807, 2.05) is 18.4 Å². The Morgan fingerprint density at radius 3 is 2.69 bits per heavy atom. The summed E-state index contributed by atoms with van der Waals surface area (Å²) in [6.45, 7) is 4.73. The quantitative estimate of drug-likeness (QED) is 0.897. The van der Waals surface area contributed by atoms with Gasteiger partial charge < -0.3 is 10.3 Å². The van der Waals surface area contributed by atoms with Crippen LogP contribution in [0.3, 0.4) is 0 Å². The lowest BCUT2D eigenvalue weighted by Crippen LogP contribution is -2.12. The van der Waals surface area contributed by atoms with E-state index in [4.69, 9.17) is 28.9 Å². The molecule has 0 aliphatic rings. The monoisotopic (exact) mass is 257 g/mol. The Morgan fingerprint density at radius 2 is 2.12 bits per heavy atom. The molecule has 0 radical (unpaired) electrons. The fraction of sp³-hybridized carbons (Fsp3) is 0.364. The van der Waals surface area contributed by atoms with Crippen LogP contribution in [0.4, 0.5) is 0 Å². The van der Waals surface area contributed by atoms with Crippen LogP contribution >= 0.6 is 23.2 Å². The van der Waals surface area contributed by atoms with E-state index in [-0.39, 0.29) is 6.04 Å². The van der Waals surface area contributed by atoms with Crippen molar-refractivity contribution in [2.75, 3.05) is 0 Å². The molecule has 0 spiro atoms. The summed E-state index contributed by atoms with van der Waals surface area (Å²) in [6.07, 6.45) is 0. The smallest absolute Gasteiger partial charge is 0.126 e. The Morgan fingerprint density at radius 1 is 1.44 bits per heavy atom. The van der Waals surface area contributed by atoms with Crippen LogP contribution in [0.5, 0.6) is 0 Å². The van der Waals surface area contributed by atoms with Crippen LogP contribution in [0.25, 0.3) is 11.0 Å². The van der Waals surface area contributed by atoms with Crippen LogP contribution in [-0.4, -0.2) is 9.55 Å². The third-order valence-corrected chi connectivity index (χ3v) is 3.02. The van der Waals surface area contributed by atoms with Crippen molar-refractivity contribution in [2.24, 2.45) is 5.73 Å². The molecule has 0 amide bonds. The number of imidazole rings is 1. The first kappa shape index (κ1) is 11.7. The lowest BCUT2D eigenvalue weighted by Gasteiger charge is -2.09. The highest BCUT2D eigenvalue weighted by Gasteiger charge is 2.15. The second-order valence-electron chi connectivity index (χ2n) is 3.76. The van der Waals surface area contributed by atoms with Gasteiger partial charge in [0.2, 0.25) is 0 Å². The minimum Gasteiger partial charge on any atom is -0.326 e. The molecule has 86 valence electrons. The highest BCUT2D eigenvalue weighted by Crippen LogP contribution is 2.29. The van der Waals surface area contributed by atoms with Crippen molar-refractivity contribution in [2.45, 2.75) is 26.4 Å². The van der Waals surface area contributed by atoms with Gasteiger partial charge in [0.25, 0.3) is 0 Å². The molecule has 16 heavy (non-hydrogen) atoms. The first-order chi connectivity index (χ1) is 7.54. The molecule has 0 bridgehead atoms. The van der Waals surface area contributed by atoms with Crippen LogP contribution in [-0.2, 0) is 6.54 Å². The Balaban J connectivity index is 2.82. The molecular formula is C11H13Cl2N3. The number of aryl methyl sites for hydroxylation is 1. The SMILES string of the molecule is CCn1c([C@@H](C)N)nc2cc(Cl)cc(Cl)c21. The van der Waals surface area contributed by atoms with Gasteiger partial charge in [0.05, 0.1) is 22.1 Å². The predicted octanol–water partition coefficient (Wildman–Crippen LogP) is 3.38. The molecule has 1 aromatic heterocycles. The van der Waals surface area contributed by atoms with E-state index in [0.717, 1.165) is 23.4 Å². The number of halogens is 2. The second kappa shape index (κ2) is 4.24. The summed E-state index contributed by atoms with van der Waals surface area (Å²) in [4.78, 5) is 4.47. The van der Waals surface area contributed by atoms with Gasteiger partial charge in [-0.2, -0.15) is 0 Å². The zero-order valence-corrected chi connectivity index (χ0v) is 10.7. The number of fused-ring (bicyclic) bond motifs is 1. The Bertz CT molecular complexity index is 531. The molecule has 2 N–H and O–H groups in total. The number of benzene rings is 1. The molecule has 3 nitrogen and oxygen atoms in total.